The average molecular weight is 308 g/mol. The van der Waals surface area contributed by atoms with Crippen molar-refractivity contribution in [1.82, 2.24) is 15.0 Å². The van der Waals surface area contributed by atoms with Crippen molar-refractivity contribution in [2.45, 2.75) is 25.8 Å². The molecule has 0 aliphatic carbocycles. The van der Waals surface area contributed by atoms with Crippen LogP contribution in [0, 0.1) is 6.92 Å². The predicted octanol–water partition coefficient (Wildman–Crippen LogP) is 3.03. The highest BCUT2D eigenvalue weighted by molar-refractivity contribution is 6.32. The van der Waals surface area contributed by atoms with Gasteiger partial charge < -0.3 is 9.26 Å². The van der Waals surface area contributed by atoms with Gasteiger partial charge in [-0.3, -0.25) is 4.90 Å². The van der Waals surface area contributed by atoms with Gasteiger partial charge in [0.1, 0.15) is 5.75 Å². The van der Waals surface area contributed by atoms with Gasteiger partial charge in [0, 0.05) is 13.1 Å². The van der Waals surface area contributed by atoms with Crippen LogP contribution < -0.4 is 4.74 Å². The van der Waals surface area contributed by atoms with Gasteiger partial charge in [-0.2, -0.15) is 4.98 Å². The second-order valence-corrected chi connectivity index (χ2v) is 5.78. The Hall–Kier alpha value is -1.59. The number of aryl methyl sites for hydroxylation is 1. The van der Waals surface area contributed by atoms with Crippen LogP contribution in [-0.2, 0) is 6.54 Å². The fraction of sp³-hybridized carbons (Fsp3) is 0.467. The van der Waals surface area contributed by atoms with Crippen molar-refractivity contribution < 1.29 is 9.26 Å². The molecule has 0 saturated carbocycles. The molecule has 1 aromatic carbocycles. The molecule has 0 unspecified atom stereocenters. The Bertz CT molecular complexity index is 629. The summed E-state index contributed by atoms with van der Waals surface area (Å²) < 4.78 is 10.4. The third-order valence-corrected chi connectivity index (χ3v) is 4.08. The molecule has 3 rings (SSSR count). The molecule has 0 N–H and O–H groups in total. The SMILES string of the molecule is COc1ccc(CN2CC[C@@H](c3nc(C)no3)C2)cc1Cl. The molecule has 2 aromatic rings. The maximum atomic E-state index is 6.17. The van der Waals surface area contributed by atoms with Crippen molar-refractivity contribution in [3.05, 3.63) is 40.5 Å². The zero-order valence-corrected chi connectivity index (χ0v) is 12.9. The quantitative estimate of drug-likeness (QED) is 0.869. The molecule has 6 heteroatoms. The maximum absolute atomic E-state index is 6.17. The zero-order valence-electron chi connectivity index (χ0n) is 12.2. The highest BCUT2D eigenvalue weighted by atomic mass is 35.5. The van der Waals surface area contributed by atoms with E-state index in [2.05, 4.69) is 21.1 Å². The van der Waals surface area contributed by atoms with E-state index in [1.807, 2.05) is 19.1 Å². The first-order valence-corrected chi connectivity index (χ1v) is 7.38. The summed E-state index contributed by atoms with van der Waals surface area (Å²) in [5.41, 5.74) is 1.18. The summed E-state index contributed by atoms with van der Waals surface area (Å²) in [5, 5.41) is 4.52. The number of hydrogen-bond acceptors (Lipinski definition) is 5. The van der Waals surface area contributed by atoms with Gasteiger partial charge in [-0.1, -0.05) is 22.8 Å². The van der Waals surface area contributed by atoms with Gasteiger partial charge in [-0.05, 0) is 37.6 Å². The van der Waals surface area contributed by atoms with E-state index in [0.29, 0.717) is 22.5 Å². The number of hydrogen-bond donors (Lipinski definition) is 0. The minimum absolute atomic E-state index is 0.333. The predicted molar refractivity (Wildman–Crippen MR) is 79.7 cm³/mol. The molecule has 1 atom stereocenters. The lowest BCUT2D eigenvalue weighted by molar-refractivity contribution is 0.308. The molecule has 5 nitrogen and oxygen atoms in total. The molecule has 1 fully saturated rings. The molecule has 21 heavy (non-hydrogen) atoms. The molecular formula is C15H18ClN3O2. The molecule has 1 aliphatic rings. The Labute approximate surface area is 128 Å². The van der Waals surface area contributed by atoms with E-state index in [9.17, 15) is 0 Å². The molecule has 2 heterocycles. The van der Waals surface area contributed by atoms with Gasteiger partial charge in [0.15, 0.2) is 5.82 Å². The van der Waals surface area contributed by atoms with E-state index in [0.717, 1.165) is 31.9 Å². The van der Waals surface area contributed by atoms with Crippen LogP contribution in [0.4, 0.5) is 0 Å². The highest BCUT2D eigenvalue weighted by Crippen LogP contribution is 2.29. The van der Waals surface area contributed by atoms with Crippen LogP contribution in [0.2, 0.25) is 5.02 Å². The Morgan fingerprint density at radius 1 is 1.48 bits per heavy atom. The summed E-state index contributed by atoms with van der Waals surface area (Å²) >= 11 is 6.17. The number of nitrogens with zero attached hydrogens (tertiary/aromatic N) is 3. The van der Waals surface area contributed by atoms with Crippen LogP contribution in [0.25, 0.3) is 0 Å². The van der Waals surface area contributed by atoms with E-state index >= 15 is 0 Å². The fourth-order valence-corrected chi connectivity index (χ4v) is 3.00. The van der Waals surface area contributed by atoms with E-state index < -0.39 is 0 Å². The van der Waals surface area contributed by atoms with Crippen LogP contribution in [-0.4, -0.2) is 35.2 Å². The lowest BCUT2D eigenvalue weighted by Crippen LogP contribution is -2.19. The molecule has 0 bridgehead atoms. The second-order valence-electron chi connectivity index (χ2n) is 5.37. The third kappa shape index (κ3) is 3.19. The van der Waals surface area contributed by atoms with Gasteiger partial charge in [0.2, 0.25) is 5.89 Å². The fourth-order valence-electron chi connectivity index (χ4n) is 2.72. The minimum Gasteiger partial charge on any atom is -0.495 e. The van der Waals surface area contributed by atoms with Crippen LogP contribution in [0.1, 0.15) is 29.6 Å². The smallest absolute Gasteiger partial charge is 0.231 e. The highest BCUT2D eigenvalue weighted by Gasteiger charge is 2.28. The van der Waals surface area contributed by atoms with Crippen LogP contribution in [0.15, 0.2) is 22.7 Å². The van der Waals surface area contributed by atoms with Crippen molar-refractivity contribution >= 4 is 11.6 Å². The standard InChI is InChI=1S/C15H18ClN3O2/c1-10-17-15(21-18-10)12-5-6-19(9-12)8-11-3-4-14(20-2)13(16)7-11/h3-4,7,12H,5-6,8-9H2,1-2H3/t12-/m1/s1. The topological polar surface area (TPSA) is 51.4 Å². The molecule has 0 radical (unpaired) electrons. The number of likely N-dealkylation sites (tertiary alicyclic amines) is 1. The monoisotopic (exact) mass is 307 g/mol. The van der Waals surface area contributed by atoms with Crippen molar-refractivity contribution in [2.24, 2.45) is 0 Å². The van der Waals surface area contributed by atoms with Crippen molar-refractivity contribution in [3.63, 3.8) is 0 Å². The molecule has 1 saturated heterocycles. The van der Waals surface area contributed by atoms with E-state index in [1.165, 1.54) is 5.56 Å². The van der Waals surface area contributed by atoms with Crippen LogP contribution in [0.5, 0.6) is 5.75 Å². The van der Waals surface area contributed by atoms with Crippen molar-refractivity contribution in [2.75, 3.05) is 20.2 Å². The van der Waals surface area contributed by atoms with Crippen LogP contribution >= 0.6 is 11.6 Å². The number of aromatic nitrogens is 2. The largest absolute Gasteiger partial charge is 0.495 e. The summed E-state index contributed by atoms with van der Waals surface area (Å²) in [6, 6.07) is 5.92. The van der Waals surface area contributed by atoms with Gasteiger partial charge >= 0.3 is 0 Å². The molecule has 1 aliphatic heterocycles. The Morgan fingerprint density at radius 2 is 2.33 bits per heavy atom. The second kappa shape index (κ2) is 6.03. The summed E-state index contributed by atoms with van der Waals surface area (Å²) in [6.45, 7) is 4.67. The lowest BCUT2D eigenvalue weighted by atomic mass is 10.1. The Balaban J connectivity index is 1.63. The number of ether oxygens (including phenoxy) is 1. The molecule has 0 spiro atoms. The lowest BCUT2D eigenvalue weighted by Gasteiger charge is -2.16. The Morgan fingerprint density at radius 3 is 3.00 bits per heavy atom. The number of rotatable bonds is 4. The molecule has 0 amide bonds. The number of benzene rings is 1. The number of methoxy groups -OCH3 is 1. The Kier molecular flexibility index (Phi) is 4.12. The maximum Gasteiger partial charge on any atom is 0.231 e. The first-order chi connectivity index (χ1) is 10.2. The van der Waals surface area contributed by atoms with Gasteiger partial charge in [-0.15, -0.1) is 0 Å². The molecular weight excluding hydrogens is 290 g/mol. The van der Waals surface area contributed by atoms with Gasteiger partial charge in [-0.25, -0.2) is 0 Å². The summed E-state index contributed by atoms with van der Waals surface area (Å²) in [7, 11) is 1.62. The third-order valence-electron chi connectivity index (χ3n) is 3.79. The van der Waals surface area contributed by atoms with E-state index in [-0.39, 0.29) is 0 Å². The first-order valence-electron chi connectivity index (χ1n) is 7.00. The zero-order chi connectivity index (χ0) is 14.8. The summed E-state index contributed by atoms with van der Waals surface area (Å²) in [6.07, 6.45) is 1.05. The average Bonchev–Trinajstić information content (AvgIpc) is 3.08. The van der Waals surface area contributed by atoms with E-state index in [4.69, 9.17) is 20.9 Å². The summed E-state index contributed by atoms with van der Waals surface area (Å²) in [4.78, 5) is 6.71. The molecule has 1 aromatic heterocycles. The van der Waals surface area contributed by atoms with Gasteiger partial charge in [0.05, 0.1) is 18.1 Å². The van der Waals surface area contributed by atoms with Crippen molar-refractivity contribution in [1.29, 1.82) is 0 Å². The van der Waals surface area contributed by atoms with Crippen molar-refractivity contribution in [3.8, 4) is 5.75 Å². The minimum atomic E-state index is 0.333. The summed E-state index contributed by atoms with van der Waals surface area (Å²) in [5.74, 6) is 2.49. The normalized spacial score (nSPS) is 19.1. The van der Waals surface area contributed by atoms with Crippen LogP contribution in [0.3, 0.4) is 0 Å². The first kappa shape index (κ1) is 14.4. The number of halogens is 1. The van der Waals surface area contributed by atoms with E-state index in [1.54, 1.807) is 7.11 Å². The van der Waals surface area contributed by atoms with Gasteiger partial charge in [0.25, 0.3) is 0 Å². The molecule has 112 valence electrons.